The van der Waals surface area contributed by atoms with E-state index in [1.807, 2.05) is 0 Å². The third kappa shape index (κ3) is 4.56. The maximum absolute atomic E-state index is 11.2. The number of likely N-dealkylation sites (tertiary alicyclic amines) is 1. The molecule has 0 unspecified atom stereocenters. The van der Waals surface area contributed by atoms with E-state index in [1.165, 1.54) is 16.7 Å². The highest BCUT2D eigenvalue weighted by Gasteiger charge is 2.23. The van der Waals surface area contributed by atoms with Gasteiger partial charge in [-0.25, -0.2) is 0 Å². The van der Waals surface area contributed by atoms with Gasteiger partial charge in [0, 0.05) is 65.3 Å². The summed E-state index contributed by atoms with van der Waals surface area (Å²) in [5, 5.41) is 6.46. The third-order valence-electron chi connectivity index (χ3n) is 5.24. The topological polar surface area (TPSA) is 47.6 Å². The zero-order valence-electron chi connectivity index (χ0n) is 15.0. The summed E-state index contributed by atoms with van der Waals surface area (Å²) in [6.45, 7) is 12.4. The number of hydrogen-bond donors (Lipinski definition) is 2. The average Bonchev–Trinajstić information content (AvgIpc) is 2.98. The van der Waals surface area contributed by atoms with Crippen molar-refractivity contribution in [3.8, 4) is 0 Å². The zero-order chi connectivity index (χ0) is 16.9. The number of carbonyl (C=O) groups is 1. The van der Waals surface area contributed by atoms with E-state index >= 15 is 0 Å². The Bertz CT molecular complexity index is 568. The first-order valence-electron chi connectivity index (χ1n) is 9.11. The highest BCUT2D eigenvalue weighted by Crippen LogP contribution is 2.20. The van der Waals surface area contributed by atoms with E-state index in [0.29, 0.717) is 6.04 Å². The van der Waals surface area contributed by atoms with Crippen molar-refractivity contribution in [3.05, 3.63) is 34.9 Å². The van der Waals surface area contributed by atoms with Gasteiger partial charge in [-0.1, -0.05) is 18.2 Å². The number of rotatable bonds is 5. The van der Waals surface area contributed by atoms with Gasteiger partial charge in [0.2, 0.25) is 5.91 Å². The van der Waals surface area contributed by atoms with Gasteiger partial charge in [0.1, 0.15) is 0 Å². The van der Waals surface area contributed by atoms with Gasteiger partial charge in [-0.15, -0.1) is 0 Å². The molecule has 2 aliphatic heterocycles. The standard InChI is InChI=1S/C19H30N4O/c1-15-17(12-22-10-7-20-8-11-22)4-3-5-18(15)13-23-9-6-19(14-23)21-16(2)24/h3-5,19-20H,6-14H2,1-2H3,(H,21,24)/t19-/m0/s1. The summed E-state index contributed by atoms with van der Waals surface area (Å²) in [6.07, 6.45) is 1.05. The van der Waals surface area contributed by atoms with Crippen molar-refractivity contribution in [1.82, 2.24) is 20.4 Å². The summed E-state index contributed by atoms with van der Waals surface area (Å²) in [5.74, 6) is 0.0797. The molecule has 0 saturated carbocycles. The Balaban J connectivity index is 1.60. The number of nitrogens with one attached hydrogen (secondary N) is 2. The Morgan fingerprint density at radius 1 is 1.17 bits per heavy atom. The fourth-order valence-corrected chi connectivity index (χ4v) is 3.81. The van der Waals surface area contributed by atoms with Gasteiger partial charge in [0.15, 0.2) is 0 Å². The van der Waals surface area contributed by atoms with E-state index in [9.17, 15) is 4.79 Å². The summed E-state index contributed by atoms with van der Waals surface area (Å²) in [4.78, 5) is 16.2. The lowest BCUT2D eigenvalue weighted by atomic mass is 10.0. The van der Waals surface area contributed by atoms with E-state index in [-0.39, 0.29) is 5.91 Å². The Hall–Kier alpha value is -1.43. The van der Waals surface area contributed by atoms with Crippen LogP contribution in [0.3, 0.4) is 0 Å². The number of piperazine rings is 1. The minimum atomic E-state index is 0.0797. The first kappa shape index (κ1) is 17.4. The van der Waals surface area contributed by atoms with Gasteiger partial charge in [0.25, 0.3) is 0 Å². The van der Waals surface area contributed by atoms with Crippen LogP contribution in [0.25, 0.3) is 0 Å². The predicted molar refractivity (Wildman–Crippen MR) is 96.8 cm³/mol. The average molecular weight is 330 g/mol. The molecule has 0 bridgehead atoms. The van der Waals surface area contributed by atoms with Crippen LogP contribution in [0.2, 0.25) is 0 Å². The summed E-state index contributed by atoms with van der Waals surface area (Å²) in [5.41, 5.74) is 4.30. The van der Waals surface area contributed by atoms with Crippen LogP contribution in [0, 0.1) is 6.92 Å². The van der Waals surface area contributed by atoms with Crippen molar-refractivity contribution in [2.45, 2.75) is 39.4 Å². The SMILES string of the molecule is CC(=O)N[C@H]1CCN(Cc2cccc(CN3CCNCC3)c2C)C1. The van der Waals surface area contributed by atoms with E-state index in [0.717, 1.165) is 58.8 Å². The van der Waals surface area contributed by atoms with E-state index in [2.05, 4.69) is 45.6 Å². The monoisotopic (exact) mass is 330 g/mol. The van der Waals surface area contributed by atoms with Gasteiger partial charge >= 0.3 is 0 Å². The second kappa shape index (κ2) is 8.10. The van der Waals surface area contributed by atoms with Crippen LogP contribution in [0.1, 0.15) is 30.0 Å². The normalized spacial score (nSPS) is 22.7. The van der Waals surface area contributed by atoms with Gasteiger partial charge in [0.05, 0.1) is 0 Å². The lowest BCUT2D eigenvalue weighted by Crippen LogP contribution is -2.43. The maximum Gasteiger partial charge on any atom is 0.217 e. The molecule has 0 spiro atoms. The van der Waals surface area contributed by atoms with E-state index in [4.69, 9.17) is 0 Å². The minimum Gasteiger partial charge on any atom is -0.352 e. The molecule has 0 aromatic heterocycles. The largest absolute Gasteiger partial charge is 0.352 e. The fraction of sp³-hybridized carbons (Fsp3) is 0.632. The number of amides is 1. The van der Waals surface area contributed by atoms with Crippen molar-refractivity contribution in [2.24, 2.45) is 0 Å². The molecule has 2 heterocycles. The molecule has 132 valence electrons. The Morgan fingerprint density at radius 2 is 1.83 bits per heavy atom. The Labute approximate surface area is 145 Å². The molecule has 5 nitrogen and oxygen atoms in total. The van der Waals surface area contributed by atoms with Gasteiger partial charge in [-0.2, -0.15) is 0 Å². The minimum absolute atomic E-state index is 0.0797. The van der Waals surface area contributed by atoms with Gasteiger partial charge < -0.3 is 10.6 Å². The molecule has 2 N–H and O–H groups in total. The highest BCUT2D eigenvalue weighted by atomic mass is 16.1. The smallest absolute Gasteiger partial charge is 0.217 e. The van der Waals surface area contributed by atoms with Crippen LogP contribution in [-0.2, 0) is 17.9 Å². The first-order valence-corrected chi connectivity index (χ1v) is 9.11. The molecule has 5 heteroatoms. The summed E-state index contributed by atoms with van der Waals surface area (Å²) >= 11 is 0. The number of benzene rings is 1. The first-order chi connectivity index (χ1) is 11.6. The summed E-state index contributed by atoms with van der Waals surface area (Å²) < 4.78 is 0. The summed E-state index contributed by atoms with van der Waals surface area (Å²) in [6, 6.07) is 7.03. The van der Waals surface area contributed by atoms with Crippen molar-refractivity contribution in [1.29, 1.82) is 0 Å². The third-order valence-corrected chi connectivity index (χ3v) is 5.24. The molecule has 2 fully saturated rings. The van der Waals surface area contributed by atoms with Crippen LogP contribution < -0.4 is 10.6 Å². The van der Waals surface area contributed by atoms with Crippen molar-refractivity contribution >= 4 is 5.91 Å². The molecular formula is C19H30N4O. The molecule has 2 saturated heterocycles. The van der Waals surface area contributed by atoms with Crippen LogP contribution in [0.4, 0.5) is 0 Å². The van der Waals surface area contributed by atoms with Crippen LogP contribution in [0.15, 0.2) is 18.2 Å². The molecular weight excluding hydrogens is 300 g/mol. The molecule has 0 aliphatic carbocycles. The number of nitrogens with zero attached hydrogens (tertiary/aromatic N) is 2. The lowest BCUT2D eigenvalue weighted by Gasteiger charge is -2.28. The van der Waals surface area contributed by atoms with E-state index in [1.54, 1.807) is 6.92 Å². The van der Waals surface area contributed by atoms with Crippen LogP contribution >= 0.6 is 0 Å². The molecule has 0 radical (unpaired) electrons. The molecule has 2 aliphatic rings. The van der Waals surface area contributed by atoms with Gasteiger partial charge in [-0.3, -0.25) is 14.6 Å². The predicted octanol–water partition coefficient (Wildman–Crippen LogP) is 1.11. The maximum atomic E-state index is 11.2. The van der Waals surface area contributed by atoms with Crippen molar-refractivity contribution in [3.63, 3.8) is 0 Å². The Morgan fingerprint density at radius 3 is 2.50 bits per heavy atom. The second-order valence-corrected chi connectivity index (χ2v) is 7.15. The molecule has 1 aromatic rings. The molecule has 24 heavy (non-hydrogen) atoms. The number of hydrogen-bond acceptors (Lipinski definition) is 4. The highest BCUT2D eigenvalue weighted by molar-refractivity contribution is 5.73. The lowest BCUT2D eigenvalue weighted by molar-refractivity contribution is -0.119. The van der Waals surface area contributed by atoms with Gasteiger partial charge in [-0.05, 0) is 30.0 Å². The molecule has 1 atom stereocenters. The van der Waals surface area contributed by atoms with Crippen molar-refractivity contribution < 1.29 is 4.79 Å². The molecule has 1 aromatic carbocycles. The fourth-order valence-electron chi connectivity index (χ4n) is 3.81. The second-order valence-electron chi connectivity index (χ2n) is 7.15. The Kier molecular flexibility index (Phi) is 5.87. The molecule has 3 rings (SSSR count). The zero-order valence-corrected chi connectivity index (χ0v) is 15.0. The summed E-state index contributed by atoms with van der Waals surface area (Å²) in [7, 11) is 0. The van der Waals surface area contributed by atoms with E-state index < -0.39 is 0 Å². The van der Waals surface area contributed by atoms with Crippen LogP contribution in [-0.4, -0.2) is 61.0 Å². The van der Waals surface area contributed by atoms with Crippen LogP contribution in [0.5, 0.6) is 0 Å². The quantitative estimate of drug-likeness (QED) is 0.849. The van der Waals surface area contributed by atoms with Crippen molar-refractivity contribution in [2.75, 3.05) is 39.3 Å². The number of carbonyl (C=O) groups excluding carboxylic acids is 1. The molecule has 1 amide bonds.